The van der Waals surface area contributed by atoms with Gasteiger partial charge in [-0.2, -0.15) is 0 Å². The molecule has 2 aromatic carbocycles. The van der Waals surface area contributed by atoms with Crippen molar-refractivity contribution in [1.29, 1.82) is 0 Å². The molecule has 0 heterocycles. The first-order chi connectivity index (χ1) is 8.58. The van der Waals surface area contributed by atoms with Crippen LogP contribution in [0.3, 0.4) is 0 Å². The fraction of sp³-hybridized carbons (Fsp3) is 0.0769. The number of ether oxygens (including phenoxy) is 1. The maximum atomic E-state index is 13.3. The zero-order valence-corrected chi connectivity index (χ0v) is 10.9. The number of hydrogen-bond donors (Lipinski definition) is 1. The highest BCUT2D eigenvalue weighted by Crippen LogP contribution is 2.26. The highest BCUT2D eigenvalue weighted by molar-refractivity contribution is 9.10. The second-order valence-electron chi connectivity index (χ2n) is 3.68. The third-order valence-corrected chi connectivity index (χ3v) is 2.94. The average Bonchev–Trinajstić information content (AvgIpc) is 2.33. The van der Waals surface area contributed by atoms with Crippen LogP contribution in [0.5, 0.6) is 11.5 Å². The predicted molar refractivity (Wildman–Crippen MR) is 68.5 cm³/mol. The molecule has 0 amide bonds. The fourth-order valence-electron chi connectivity index (χ4n) is 1.47. The van der Waals surface area contributed by atoms with E-state index in [4.69, 9.17) is 10.5 Å². The number of halogens is 3. The fourth-order valence-corrected chi connectivity index (χ4v) is 1.72. The van der Waals surface area contributed by atoms with Gasteiger partial charge in [-0.3, -0.25) is 0 Å². The van der Waals surface area contributed by atoms with E-state index in [1.165, 1.54) is 24.3 Å². The van der Waals surface area contributed by atoms with Crippen LogP contribution in [0, 0.1) is 11.6 Å². The van der Waals surface area contributed by atoms with Gasteiger partial charge in [-0.05, 0) is 45.8 Å². The molecule has 94 valence electrons. The van der Waals surface area contributed by atoms with Crippen LogP contribution in [0.2, 0.25) is 0 Å². The molecule has 0 spiro atoms. The van der Waals surface area contributed by atoms with E-state index in [0.717, 1.165) is 0 Å². The van der Waals surface area contributed by atoms with Crippen molar-refractivity contribution >= 4 is 15.9 Å². The Morgan fingerprint density at radius 2 is 1.83 bits per heavy atom. The Morgan fingerprint density at radius 3 is 2.50 bits per heavy atom. The van der Waals surface area contributed by atoms with Gasteiger partial charge in [0.2, 0.25) is 0 Å². The van der Waals surface area contributed by atoms with Crippen molar-refractivity contribution in [2.45, 2.75) is 6.54 Å². The van der Waals surface area contributed by atoms with Crippen LogP contribution in [0.25, 0.3) is 0 Å². The van der Waals surface area contributed by atoms with Crippen LogP contribution >= 0.6 is 15.9 Å². The minimum Gasteiger partial charge on any atom is -0.457 e. The van der Waals surface area contributed by atoms with Gasteiger partial charge in [0, 0.05) is 18.7 Å². The van der Waals surface area contributed by atoms with Crippen molar-refractivity contribution in [3.8, 4) is 11.5 Å². The first-order valence-electron chi connectivity index (χ1n) is 5.21. The maximum Gasteiger partial charge on any atom is 0.141 e. The van der Waals surface area contributed by atoms with Gasteiger partial charge in [-0.25, -0.2) is 8.78 Å². The van der Waals surface area contributed by atoms with E-state index in [1.54, 1.807) is 12.1 Å². The second kappa shape index (κ2) is 5.46. The summed E-state index contributed by atoms with van der Waals surface area (Å²) in [5.41, 5.74) is 6.05. The van der Waals surface area contributed by atoms with Crippen molar-refractivity contribution in [1.82, 2.24) is 0 Å². The van der Waals surface area contributed by atoms with Crippen molar-refractivity contribution in [2.75, 3.05) is 0 Å². The van der Waals surface area contributed by atoms with Crippen molar-refractivity contribution in [2.24, 2.45) is 5.73 Å². The Labute approximate surface area is 112 Å². The molecule has 0 aliphatic carbocycles. The molecular weight excluding hydrogens is 304 g/mol. The topological polar surface area (TPSA) is 35.2 Å². The monoisotopic (exact) mass is 313 g/mol. The largest absolute Gasteiger partial charge is 0.457 e. The second-order valence-corrected chi connectivity index (χ2v) is 4.53. The van der Waals surface area contributed by atoms with E-state index in [9.17, 15) is 8.78 Å². The summed E-state index contributed by atoms with van der Waals surface area (Å²) in [6.07, 6.45) is 0. The number of hydrogen-bond acceptors (Lipinski definition) is 2. The quantitative estimate of drug-likeness (QED) is 0.930. The van der Waals surface area contributed by atoms with Crippen LogP contribution in [-0.4, -0.2) is 0 Å². The molecule has 0 radical (unpaired) electrons. The molecule has 0 saturated carbocycles. The normalized spacial score (nSPS) is 10.4. The SMILES string of the molecule is NCc1cc(F)cc(Oc2ccc(Br)c(F)c2)c1. The molecule has 0 aromatic heterocycles. The molecule has 0 fully saturated rings. The Balaban J connectivity index is 2.27. The third-order valence-electron chi connectivity index (χ3n) is 2.29. The summed E-state index contributed by atoms with van der Waals surface area (Å²) in [7, 11) is 0. The molecular formula is C13H10BrF2NO. The summed E-state index contributed by atoms with van der Waals surface area (Å²) in [4.78, 5) is 0. The summed E-state index contributed by atoms with van der Waals surface area (Å²) in [5, 5.41) is 0. The van der Waals surface area contributed by atoms with Crippen LogP contribution in [0.4, 0.5) is 8.78 Å². The lowest BCUT2D eigenvalue weighted by Gasteiger charge is -2.08. The molecule has 0 aliphatic heterocycles. The van der Waals surface area contributed by atoms with Gasteiger partial charge in [0.25, 0.3) is 0 Å². The number of benzene rings is 2. The summed E-state index contributed by atoms with van der Waals surface area (Å²) < 4.78 is 32.3. The lowest BCUT2D eigenvalue weighted by molar-refractivity contribution is 0.470. The zero-order valence-electron chi connectivity index (χ0n) is 9.29. The molecule has 0 atom stereocenters. The molecule has 2 rings (SSSR count). The average molecular weight is 314 g/mol. The molecule has 0 bridgehead atoms. The Bertz CT molecular complexity index is 575. The molecule has 2 nitrogen and oxygen atoms in total. The van der Waals surface area contributed by atoms with E-state index in [2.05, 4.69) is 15.9 Å². The number of rotatable bonds is 3. The minimum absolute atomic E-state index is 0.211. The summed E-state index contributed by atoms with van der Waals surface area (Å²) >= 11 is 3.04. The Hall–Kier alpha value is -1.46. The van der Waals surface area contributed by atoms with Crippen LogP contribution in [0.15, 0.2) is 40.9 Å². The molecule has 0 saturated heterocycles. The highest BCUT2D eigenvalue weighted by Gasteiger charge is 2.05. The smallest absolute Gasteiger partial charge is 0.141 e. The molecule has 2 N–H and O–H groups in total. The first-order valence-corrected chi connectivity index (χ1v) is 6.00. The van der Waals surface area contributed by atoms with E-state index in [1.807, 2.05) is 0 Å². The summed E-state index contributed by atoms with van der Waals surface area (Å²) in [6, 6.07) is 8.49. The van der Waals surface area contributed by atoms with Gasteiger partial charge in [0.15, 0.2) is 0 Å². The molecule has 18 heavy (non-hydrogen) atoms. The van der Waals surface area contributed by atoms with E-state index in [-0.39, 0.29) is 12.3 Å². The standard InChI is InChI=1S/C13H10BrF2NO/c14-12-2-1-10(6-13(12)16)18-11-4-8(7-17)3-9(15)5-11/h1-6H,7,17H2. The van der Waals surface area contributed by atoms with E-state index < -0.39 is 11.6 Å². The van der Waals surface area contributed by atoms with Gasteiger partial charge >= 0.3 is 0 Å². The summed E-state index contributed by atoms with van der Waals surface area (Å²) in [6.45, 7) is 0.211. The van der Waals surface area contributed by atoms with Crippen molar-refractivity contribution < 1.29 is 13.5 Å². The van der Waals surface area contributed by atoms with Crippen molar-refractivity contribution in [3.63, 3.8) is 0 Å². The third kappa shape index (κ3) is 3.05. The van der Waals surface area contributed by atoms with Gasteiger partial charge in [-0.15, -0.1) is 0 Å². The molecule has 2 aromatic rings. The molecule has 5 heteroatoms. The highest BCUT2D eigenvalue weighted by atomic mass is 79.9. The van der Waals surface area contributed by atoms with E-state index in [0.29, 0.717) is 15.8 Å². The summed E-state index contributed by atoms with van der Waals surface area (Å²) in [5.74, 6) is -0.296. The molecule has 0 aliphatic rings. The Kier molecular flexibility index (Phi) is 3.93. The number of nitrogens with two attached hydrogens (primary N) is 1. The van der Waals surface area contributed by atoms with Crippen LogP contribution < -0.4 is 10.5 Å². The van der Waals surface area contributed by atoms with Gasteiger partial charge in [-0.1, -0.05) is 0 Å². The van der Waals surface area contributed by atoms with Crippen LogP contribution in [0.1, 0.15) is 5.56 Å². The van der Waals surface area contributed by atoms with Gasteiger partial charge in [0.05, 0.1) is 4.47 Å². The maximum absolute atomic E-state index is 13.3. The zero-order chi connectivity index (χ0) is 13.1. The minimum atomic E-state index is -0.442. The van der Waals surface area contributed by atoms with Crippen molar-refractivity contribution in [3.05, 3.63) is 58.1 Å². The van der Waals surface area contributed by atoms with E-state index >= 15 is 0 Å². The first kappa shape index (κ1) is 13.0. The van der Waals surface area contributed by atoms with Gasteiger partial charge in [0.1, 0.15) is 23.1 Å². The lowest BCUT2D eigenvalue weighted by atomic mass is 10.2. The molecule has 0 unspecified atom stereocenters. The predicted octanol–water partition coefficient (Wildman–Crippen LogP) is 3.98. The van der Waals surface area contributed by atoms with Crippen LogP contribution in [-0.2, 0) is 6.54 Å². The lowest BCUT2D eigenvalue weighted by Crippen LogP contribution is -1.97. The van der Waals surface area contributed by atoms with Gasteiger partial charge < -0.3 is 10.5 Å². The Morgan fingerprint density at radius 1 is 1.06 bits per heavy atom.